The van der Waals surface area contributed by atoms with Gasteiger partial charge in [0.2, 0.25) is 5.91 Å². The second-order valence-corrected chi connectivity index (χ2v) is 11.5. The fraction of sp³-hybridized carbons (Fsp3) is 0.121. The van der Waals surface area contributed by atoms with Crippen molar-refractivity contribution in [2.24, 2.45) is 0 Å². The Morgan fingerprint density at radius 1 is 0.795 bits per heavy atom. The van der Waals surface area contributed by atoms with Crippen LogP contribution in [0.3, 0.4) is 0 Å². The molecule has 4 aromatic carbocycles. The Morgan fingerprint density at radius 3 is 2.09 bits per heavy atom. The maximum Gasteiger partial charge on any atom is 0.272 e. The van der Waals surface area contributed by atoms with Crippen molar-refractivity contribution in [1.82, 2.24) is 5.32 Å². The molecule has 0 spiro atoms. The number of hydrogen-bond donors (Lipinski definition) is 3. The van der Waals surface area contributed by atoms with Crippen molar-refractivity contribution < 1.29 is 23.9 Å². The molecular weight excluding hydrogens is 621 g/mol. The average molecular weight is 651 g/mol. The molecule has 0 fully saturated rings. The van der Waals surface area contributed by atoms with Gasteiger partial charge in [0, 0.05) is 40.0 Å². The molecule has 0 aliphatic rings. The lowest BCUT2D eigenvalue weighted by Gasteiger charge is -2.14. The van der Waals surface area contributed by atoms with Crippen molar-refractivity contribution in [3.63, 3.8) is 0 Å². The predicted molar refractivity (Wildman–Crippen MR) is 177 cm³/mol. The summed E-state index contributed by atoms with van der Waals surface area (Å²) < 4.78 is 10.5. The van der Waals surface area contributed by atoms with Gasteiger partial charge >= 0.3 is 0 Å². The zero-order valence-electron chi connectivity index (χ0n) is 24.0. The number of carbonyl (C=O) groups is 3. The maximum absolute atomic E-state index is 13.4. The number of ether oxygens (including phenoxy) is 2. The molecule has 44 heavy (non-hydrogen) atoms. The molecule has 0 saturated heterocycles. The van der Waals surface area contributed by atoms with E-state index in [2.05, 4.69) is 16.0 Å². The quantitative estimate of drug-likeness (QED) is 0.114. The summed E-state index contributed by atoms with van der Waals surface area (Å²) in [6.07, 6.45) is 1.47. The Morgan fingerprint density at radius 2 is 1.45 bits per heavy atom. The first-order valence-corrected chi connectivity index (χ1v) is 14.9. The summed E-state index contributed by atoms with van der Waals surface area (Å²) in [5, 5.41) is 8.49. The van der Waals surface area contributed by atoms with Crippen LogP contribution < -0.4 is 25.4 Å². The number of thioether (sulfide) groups is 1. The van der Waals surface area contributed by atoms with Gasteiger partial charge in [0.1, 0.15) is 17.2 Å². The molecule has 0 heterocycles. The lowest BCUT2D eigenvalue weighted by molar-refractivity contribution is -0.115. The number of amides is 3. The first kappa shape index (κ1) is 32.5. The van der Waals surface area contributed by atoms with Crippen LogP contribution in [0.15, 0.2) is 102 Å². The molecule has 226 valence electrons. The third-order valence-electron chi connectivity index (χ3n) is 6.22. The van der Waals surface area contributed by atoms with Gasteiger partial charge in [-0.3, -0.25) is 14.4 Å². The fourth-order valence-corrected chi connectivity index (χ4v) is 5.16. The molecular formula is C33H29Cl2N3O5S. The number of hydrogen-bond acceptors (Lipinski definition) is 6. The van der Waals surface area contributed by atoms with Gasteiger partial charge in [0.15, 0.2) is 0 Å². The third-order valence-corrected chi connectivity index (χ3v) is 8.17. The minimum absolute atomic E-state index is 0.0269. The van der Waals surface area contributed by atoms with Gasteiger partial charge in [-0.2, -0.15) is 0 Å². The van der Waals surface area contributed by atoms with Gasteiger partial charge in [0.25, 0.3) is 11.8 Å². The first-order chi connectivity index (χ1) is 21.2. The fourth-order valence-electron chi connectivity index (χ4n) is 3.93. The number of rotatable bonds is 11. The molecule has 4 aromatic rings. The van der Waals surface area contributed by atoms with E-state index in [-0.39, 0.29) is 16.6 Å². The van der Waals surface area contributed by atoms with E-state index in [0.717, 1.165) is 4.90 Å². The molecule has 8 nitrogen and oxygen atoms in total. The summed E-state index contributed by atoms with van der Waals surface area (Å²) in [5.74, 6) is -0.105. The highest BCUT2D eigenvalue weighted by atomic mass is 35.5. The molecule has 0 aromatic heterocycles. The topological polar surface area (TPSA) is 106 Å². The molecule has 3 N–H and O–H groups in total. The van der Waals surface area contributed by atoms with E-state index < -0.39 is 17.1 Å². The van der Waals surface area contributed by atoms with Crippen LogP contribution in [0.5, 0.6) is 11.5 Å². The summed E-state index contributed by atoms with van der Waals surface area (Å²) in [6, 6.07) is 25.7. The van der Waals surface area contributed by atoms with Crippen LogP contribution in [0.25, 0.3) is 6.08 Å². The largest absolute Gasteiger partial charge is 0.497 e. The number of methoxy groups -OCH3 is 2. The van der Waals surface area contributed by atoms with Crippen molar-refractivity contribution in [2.45, 2.75) is 17.1 Å². The minimum Gasteiger partial charge on any atom is -0.497 e. The van der Waals surface area contributed by atoms with Gasteiger partial charge in [-0.25, -0.2) is 0 Å². The molecule has 1 unspecified atom stereocenters. The Kier molecular flexibility index (Phi) is 11.3. The summed E-state index contributed by atoms with van der Waals surface area (Å²) in [4.78, 5) is 39.9. The van der Waals surface area contributed by atoms with E-state index >= 15 is 0 Å². The van der Waals surface area contributed by atoms with Crippen LogP contribution in [0.2, 0.25) is 10.0 Å². The van der Waals surface area contributed by atoms with Gasteiger partial charge in [0.05, 0.1) is 29.5 Å². The molecule has 3 amide bonds. The highest BCUT2D eigenvalue weighted by Gasteiger charge is 2.18. The van der Waals surface area contributed by atoms with Crippen LogP contribution in [-0.4, -0.2) is 37.2 Å². The smallest absolute Gasteiger partial charge is 0.272 e. The van der Waals surface area contributed by atoms with Crippen LogP contribution in [-0.2, 0) is 9.59 Å². The number of carbonyl (C=O) groups excluding carboxylic acids is 3. The van der Waals surface area contributed by atoms with E-state index in [1.165, 1.54) is 32.1 Å². The number of benzene rings is 4. The molecule has 0 radical (unpaired) electrons. The van der Waals surface area contributed by atoms with Crippen molar-refractivity contribution in [3.05, 3.63) is 118 Å². The Hall–Kier alpha value is -4.44. The normalized spacial score (nSPS) is 11.7. The number of nitrogens with one attached hydrogen (secondary N) is 3. The van der Waals surface area contributed by atoms with E-state index in [1.54, 1.807) is 97.9 Å². The average Bonchev–Trinajstić information content (AvgIpc) is 3.03. The third kappa shape index (κ3) is 8.79. The molecule has 0 bridgehead atoms. The molecule has 0 aliphatic heterocycles. The first-order valence-electron chi connectivity index (χ1n) is 13.3. The summed E-state index contributed by atoms with van der Waals surface area (Å²) in [7, 11) is 3.08. The zero-order chi connectivity index (χ0) is 31.6. The second-order valence-electron chi connectivity index (χ2n) is 9.35. The predicted octanol–water partition coefficient (Wildman–Crippen LogP) is 7.54. The summed E-state index contributed by atoms with van der Waals surface area (Å²) in [6.45, 7) is 1.79. The zero-order valence-corrected chi connectivity index (χ0v) is 26.3. The Balaban J connectivity index is 1.45. The number of halogens is 2. The SMILES string of the molecule is COc1cc(NC(=O)C(C)Sc2ccc(NC(=O)/C(=C/c3cccc(Cl)c3Cl)NC(=O)c3ccccc3)cc2)cc(OC)c1. The number of anilines is 2. The van der Waals surface area contributed by atoms with Crippen LogP contribution in [0, 0.1) is 0 Å². The highest BCUT2D eigenvalue weighted by molar-refractivity contribution is 8.00. The van der Waals surface area contributed by atoms with Gasteiger partial charge < -0.3 is 25.4 Å². The standard InChI is InChI=1S/C33H29Cl2N3O5S/c1-20(31(39)37-24-17-25(42-2)19-26(18-24)43-3)44-27-14-12-23(13-15-27)36-33(41)29(16-22-10-7-11-28(34)30(22)35)38-32(40)21-8-5-4-6-9-21/h4-20H,1-3H3,(H,36,41)(H,37,39)(H,38,40)/b29-16-. The molecule has 0 saturated carbocycles. The second kappa shape index (κ2) is 15.3. The lowest BCUT2D eigenvalue weighted by Crippen LogP contribution is -2.30. The summed E-state index contributed by atoms with van der Waals surface area (Å²) >= 11 is 13.9. The Labute approximate surface area is 269 Å². The van der Waals surface area contributed by atoms with E-state index in [0.29, 0.717) is 39.0 Å². The van der Waals surface area contributed by atoms with Gasteiger partial charge in [-0.1, -0.05) is 53.5 Å². The maximum atomic E-state index is 13.4. The Bertz CT molecular complexity index is 1660. The monoisotopic (exact) mass is 649 g/mol. The van der Waals surface area contributed by atoms with E-state index in [1.807, 2.05) is 0 Å². The van der Waals surface area contributed by atoms with Crippen molar-refractivity contribution in [3.8, 4) is 11.5 Å². The lowest BCUT2D eigenvalue weighted by atomic mass is 10.1. The van der Waals surface area contributed by atoms with Crippen LogP contribution in [0.1, 0.15) is 22.8 Å². The molecule has 11 heteroatoms. The van der Waals surface area contributed by atoms with Crippen molar-refractivity contribution in [1.29, 1.82) is 0 Å². The minimum atomic E-state index is -0.563. The molecule has 1 atom stereocenters. The van der Waals surface area contributed by atoms with Crippen molar-refractivity contribution in [2.75, 3.05) is 24.9 Å². The molecule has 4 rings (SSSR count). The van der Waals surface area contributed by atoms with Crippen LogP contribution in [0.4, 0.5) is 11.4 Å². The van der Waals surface area contributed by atoms with Gasteiger partial charge in [-0.05, 0) is 61.0 Å². The van der Waals surface area contributed by atoms with E-state index in [9.17, 15) is 14.4 Å². The van der Waals surface area contributed by atoms with Gasteiger partial charge in [-0.15, -0.1) is 11.8 Å². The van der Waals surface area contributed by atoms with E-state index in [4.69, 9.17) is 32.7 Å². The highest BCUT2D eigenvalue weighted by Crippen LogP contribution is 2.30. The molecule has 0 aliphatic carbocycles. The van der Waals surface area contributed by atoms with Crippen LogP contribution >= 0.6 is 35.0 Å². The van der Waals surface area contributed by atoms with Crippen molar-refractivity contribution >= 4 is 70.1 Å². The summed E-state index contributed by atoms with van der Waals surface area (Å²) in [5.41, 5.74) is 1.86.